The molecule has 23 heavy (non-hydrogen) atoms. The molecular weight excluding hydrogens is 292 g/mol. The summed E-state index contributed by atoms with van der Waals surface area (Å²) in [5, 5.41) is 20.5. The summed E-state index contributed by atoms with van der Waals surface area (Å²) in [7, 11) is 1.64. The third kappa shape index (κ3) is 3.64. The van der Waals surface area contributed by atoms with Crippen molar-refractivity contribution in [3.8, 4) is 16.9 Å². The van der Waals surface area contributed by atoms with Gasteiger partial charge in [-0.15, -0.1) is 0 Å². The number of aliphatic hydroxyl groups excluding tert-OH is 1. The summed E-state index contributed by atoms with van der Waals surface area (Å²) in [5.74, 6) is 0.776. The van der Waals surface area contributed by atoms with Crippen molar-refractivity contribution in [2.24, 2.45) is 0 Å². The molecule has 1 saturated heterocycles. The molecule has 1 heterocycles. The summed E-state index contributed by atoms with van der Waals surface area (Å²) in [6.45, 7) is 2.43. The van der Waals surface area contributed by atoms with Crippen LogP contribution in [0.3, 0.4) is 0 Å². The van der Waals surface area contributed by atoms with Crippen molar-refractivity contribution in [1.82, 2.24) is 4.90 Å². The van der Waals surface area contributed by atoms with E-state index >= 15 is 0 Å². The van der Waals surface area contributed by atoms with Crippen molar-refractivity contribution < 1.29 is 9.84 Å². The molecule has 5 heteroatoms. The van der Waals surface area contributed by atoms with E-state index in [1.54, 1.807) is 13.2 Å². The van der Waals surface area contributed by atoms with Gasteiger partial charge >= 0.3 is 0 Å². The summed E-state index contributed by atoms with van der Waals surface area (Å²) >= 11 is 0. The third-order valence-corrected chi connectivity index (χ3v) is 4.21. The normalized spacial score (nSPS) is 18.1. The van der Waals surface area contributed by atoms with E-state index in [-0.39, 0.29) is 6.10 Å². The number of methoxy groups -OCH3 is 1. The second-order valence-corrected chi connectivity index (χ2v) is 5.90. The van der Waals surface area contributed by atoms with Crippen LogP contribution in [0.25, 0.3) is 11.1 Å². The molecular formula is C18H21N2O3-. The number of likely N-dealkylation sites (tertiary alicyclic amines) is 1. The number of nitrogens with one attached hydrogen (secondary N) is 1. The summed E-state index contributed by atoms with van der Waals surface area (Å²) in [6.07, 6.45) is 0.618. The van der Waals surface area contributed by atoms with Crippen LogP contribution in [0, 0.1) is 5.21 Å². The van der Waals surface area contributed by atoms with Crippen LogP contribution in [-0.4, -0.2) is 36.3 Å². The average molecular weight is 313 g/mol. The van der Waals surface area contributed by atoms with Crippen molar-refractivity contribution >= 4 is 5.69 Å². The lowest BCUT2D eigenvalue weighted by Crippen LogP contribution is -2.21. The molecule has 0 aromatic heterocycles. The Morgan fingerprint density at radius 3 is 2.87 bits per heavy atom. The molecule has 3 rings (SSSR count). The molecule has 5 nitrogen and oxygen atoms in total. The van der Waals surface area contributed by atoms with Gasteiger partial charge in [-0.2, -0.15) is 0 Å². The molecule has 122 valence electrons. The highest BCUT2D eigenvalue weighted by Gasteiger charge is 2.20. The first kappa shape index (κ1) is 15.8. The molecule has 2 aromatic rings. The number of aliphatic hydroxyl groups is 1. The lowest BCUT2D eigenvalue weighted by molar-refractivity contribution is 0.175. The van der Waals surface area contributed by atoms with Gasteiger partial charge in [0, 0.05) is 30.9 Å². The Kier molecular flexibility index (Phi) is 4.81. The highest BCUT2D eigenvalue weighted by atomic mass is 16.5. The Balaban J connectivity index is 1.89. The van der Waals surface area contributed by atoms with Gasteiger partial charge in [0.2, 0.25) is 0 Å². The van der Waals surface area contributed by atoms with Gasteiger partial charge in [0.05, 0.1) is 13.2 Å². The third-order valence-electron chi connectivity index (χ3n) is 4.21. The summed E-state index contributed by atoms with van der Waals surface area (Å²) in [6, 6.07) is 13.4. The highest BCUT2D eigenvalue weighted by molar-refractivity contribution is 5.74. The maximum atomic E-state index is 10.9. The SMILES string of the molecule is COc1ccc(CN2CCC(O)C2)cc1-c1cccc(N[O-])c1. The predicted molar refractivity (Wildman–Crippen MR) is 91.3 cm³/mol. The van der Waals surface area contributed by atoms with Crippen LogP contribution in [0.5, 0.6) is 5.75 Å². The molecule has 1 unspecified atom stereocenters. The zero-order chi connectivity index (χ0) is 16.2. The largest absolute Gasteiger partial charge is 0.761 e. The number of β-amino-alcohol motifs (C(OH)–C–C–N with tert-alkyl or cyclic N) is 1. The van der Waals surface area contributed by atoms with Crippen LogP contribution < -0.4 is 10.2 Å². The second-order valence-electron chi connectivity index (χ2n) is 5.90. The first-order chi connectivity index (χ1) is 11.2. The van der Waals surface area contributed by atoms with Crippen LogP contribution in [0.15, 0.2) is 42.5 Å². The molecule has 1 atom stereocenters. The molecule has 0 spiro atoms. The van der Waals surface area contributed by atoms with Crippen molar-refractivity contribution in [2.75, 3.05) is 25.7 Å². The molecule has 1 aliphatic rings. The minimum absolute atomic E-state index is 0.215. The fourth-order valence-electron chi connectivity index (χ4n) is 3.04. The minimum atomic E-state index is -0.215. The summed E-state index contributed by atoms with van der Waals surface area (Å²) in [4.78, 5) is 2.24. The van der Waals surface area contributed by atoms with E-state index < -0.39 is 0 Å². The number of hydrogen-bond acceptors (Lipinski definition) is 5. The number of rotatable bonds is 5. The van der Waals surface area contributed by atoms with Gasteiger partial charge in [-0.1, -0.05) is 18.2 Å². The van der Waals surface area contributed by atoms with Gasteiger partial charge in [-0.25, -0.2) is 0 Å². The Labute approximate surface area is 136 Å². The maximum absolute atomic E-state index is 10.9. The van der Waals surface area contributed by atoms with E-state index in [0.29, 0.717) is 5.69 Å². The van der Waals surface area contributed by atoms with Crippen LogP contribution in [-0.2, 0) is 6.54 Å². The topological polar surface area (TPSA) is 67.8 Å². The van der Waals surface area contributed by atoms with Crippen molar-refractivity contribution in [3.05, 3.63) is 53.2 Å². The van der Waals surface area contributed by atoms with Crippen LogP contribution in [0.2, 0.25) is 0 Å². The van der Waals surface area contributed by atoms with Crippen molar-refractivity contribution in [2.45, 2.75) is 19.1 Å². The standard InChI is InChI=1S/C18H21N2O3/c1-23-18-6-5-13(11-20-8-7-16(21)12-20)9-17(18)14-3-2-4-15(10-14)19-22/h2-6,9-10,16,19,21H,7-8,11-12H2,1H3/q-1. The van der Waals surface area contributed by atoms with E-state index in [9.17, 15) is 10.3 Å². The van der Waals surface area contributed by atoms with Crippen molar-refractivity contribution in [3.63, 3.8) is 0 Å². The van der Waals surface area contributed by atoms with Gasteiger partial charge < -0.3 is 20.5 Å². The van der Waals surface area contributed by atoms with Crippen LogP contribution >= 0.6 is 0 Å². The lowest BCUT2D eigenvalue weighted by Gasteiger charge is -2.17. The van der Waals surface area contributed by atoms with Gasteiger partial charge in [0.25, 0.3) is 0 Å². The van der Waals surface area contributed by atoms with E-state index in [1.807, 2.05) is 35.8 Å². The first-order valence-corrected chi connectivity index (χ1v) is 7.75. The molecule has 0 saturated carbocycles. The fraction of sp³-hybridized carbons (Fsp3) is 0.333. The molecule has 2 N–H and O–H groups in total. The molecule has 2 aromatic carbocycles. The maximum Gasteiger partial charge on any atom is 0.126 e. The van der Waals surface area contributed by atoms with Crippen molar-refractivity contribution in [1.29, 1.82) is 0 Å². The van der Waals surface area contributed by atoms with Crippen LogP contribution in [0.1, 0.15) is 12.0 Å². The number of nitrogens with zero attached hydrogens (tertiary/aromatic N) is 1. The molecule has 1 fully saturated rings. The Morgan fingerprint density at radius 1 is 1.30 bits per heavy atom. The average Bonchev–Trinajstić information content (AvgIpc) is 2.99. The van der Waals surface area contributed by atoms with E-state index in [4.69, 9.17) is 4.74 Å². The zero-order valence-electron chi connectivity index (χ0n) is 13.2. The summed E-state index contributed by atoms with van der Waals surface area (Å²) < 4.78 is 5.46. The predicted octanol–water partition coefficient (Wildman–Crippen LogP) is 2.84. The smallest absolute Gasteiger partial charge is 0.126 e. The van der Waals surface area contributed by atoms with E-state index in [2.05, 4.69) is 11.0 Å². The quantitative estimate of drug-likeness (QED) is 0.831. The number of ether oxygens (including phenoxy) is 1. The Bertz CT molecular complexity index is 675. The lowest BCUT2D eigenvalue weighted by atomic mass is 10.0. The summed E-state index contributed by atoms with van der Waals surface area (Å²) in [5.41, 5.74) is 5.51. The Morgan fingerprint density at radius 2 is 2.17 bits per heavy atom. The van der Waals surface area contributed by atoms with Gasteiger partial charge in [-0.3, -0.25) is 4.90 Å². The number of benzene rings is 2. The van der Waals surface area contributed by atoms with Gasteiger partial charge in [0.1, 0.15) is 5.75 Å². The molecule has 0 bridgehead atoms. The second kappa shape index (κ2) is 7.00. The van der Waals surface area contributed by atoms with Crippen LogP contribution in [0.4, 0.5) is 5.69 Å². The van der Waals surface area contributed by atoms with Gasteiger partial charge in [-0.05, 0) is 41.8 Å². The van der Waals surface area contributed by atoms with E-state index in [1.165, 1.54) is 0 Å². The molecule has 1 aliphatic heterocycles. The minimum Gasteiger partial charge on any atom is -0.761 e. The first-order valence-electron chi connectivity index (χ1n) is 7.75. The fourth-order valence-corrected chi connectivity index (χ4v) is 3.04. The monoisotopic (exact) mass is 313 g/mol. The zero-order valence-corrected chi connectivity index (χ0v) is 13.2. The molecule has 0 aliphatic carbocycles. The highest BCUT2D eigenvalue weighted by Crippen LogP contribution is 2.32. The Hall–Kier alpha value is -2.08. The molecule has 0 radical (unpaired) electrons. The molecule has 0 amide bonds. The van der Waals surface area contributed by atoms with Gasteiger partial charge in [0.15, 0.2) is 0 Å². The number of hydrogen-bond donors (Lipinski definition) is 2. The van der Waals surface area contributed by atoms with E-state index in [0.717, 1.165) is 48.5 Å². The number of anilines is 1.